The van der Waals surface area contributed by atoms with Gasteiger partial charge in [-0.05, 0) is 17.7 Å². The number of rotatable bonds is 2. The molecule has 0 saturated carbocycles. The van der Waals surface area contributed by atoms with Crippen molar-refractivity contribution in [3.63, 3.8) is 0 Å². The van der Waals surface area contributed by atoms with Crippen LogP contribution in [0, 0.1) is 0 Å². The van der Waals surface area contributed by atoms with Gasteiger partial charge in [0.25, 0.3) is 0 Å². The predicted molar refractivity (Wildman–Crippen MR) is 50.2 cm³/mol. The SMILES string of the molecule is NNCc1ccc(Cl)cc1Br. The second kappa shape index (κ2) is 4.07. The number of hydrogen-bond acceptors (Lipinski definition) is 2. The lowest BCUT2D eigenvalue weighted by Gasteiger charge is -2.02. The monoisotopic (exact) mass is 234 g/mol. The summed E-state index contributed by atoms with van der Waals surface area (Å²) < 4.78 is 0.975. The molecule has 0 bridgehead atoms. The van der Waals surface area contributed by atoms with Crippen molar-refractivity contribution < 1.29 is 0 Å². The third-order valence-electron chi connectivity index (χ3n) is 1.31. The first-order valence-corrected chi connectivity index (χ1v) is 4.28. The molecule has 0 aromatic heterocycles. The highest BCUT2D eigenvalue weighted by Crippen LogP contribution is 2.20. The summed E-state index contributed by atoms with van der Waals surface area (Å²) in [5.74, 6) is 5.16. The van der Waals surface area contributed by atoms with E-state index in [2.05, 4.69) is 21.4 Å². The minimum atomic E-state index is 0.637. The summed E-state index contributed by atoms with van der Waals surface area (Å²) in [6, 6.07) is 5.60. The minimum absolute atomic E-state index is 0.637. The molecule has 1 rings (SSSR count). The zero-order valence-electron chi connectivity index (χ0n) is 5.77. The molecule has 1 aromatic rings. The van der Waals surface area contributed by atoms with Crippen molar-refractivity contribution in [3.8, 4) is 0 Å². The molecule has 0 saturated heterocycles. The number of benzene rings is 1. The number of hydrazine groups is 1. The van der Waals surface area contributed by atoms with E-state index in [4.69, 9.17) is 17.4 Å². The molecule has 0 aliphatic carbocycles. The van der Waals surface area contributed by atoms with Gasteiger partial charge in [0.15, 0.2) is 0 Å². The van der Waals surface area contributed by atoms with Crippen molar-refractivity contribution in [1.82, 2.24) is 5.43 Å². The standard InChI is InChI=1S/C7H8BrClN2/c8-7-3-6(9)2-1-5(7)4-11-10/h1-3,11H,4,10H2. The summed E-state index contributed by atoms with van der Waals surface area (Å²) in [4.78, 5) is 0. The van der Waals surface area contributed by atoms with Crippen molar-refractivity contribution in [3.05, 3.63) is 33.3 Å². The molecule has 0 atom stereocenters. The Hall–Kier alpha value is -0.0900. The van der Waals surface area contributed by atoms with Crippen molar-refractivity contribution >= 4 is 27.5 Å². The van der Waals surface area contributed by atoms with Crippen LogP contribution >= 0.6 is 27.5 Å². The quantitative estimate of drug-likeness (QED) is 0.608. The molecule has 60 valence electrons. The van der Waals surface area contributed by atoms with Crippen LogP contribution in [0.5, 0.6) is 0 Å². The summed E-state index contributed by atoms with van der Waals surface area (Å²) in [5, 5.41) is 0.720. The van der Waals surface area contributed by atoms with Gasteiger partial charge >= 0.3 is 0 Å². The fraction of sp³-hybridized carbons (Fsp3) is 0.143. The fourth-order valence-corrected chi connectivity index (χ4v) is 1.60. The second-order valence-electron chi connectivity index (χ2n) is 2.12. The Labute approximate surface area is 78.8 Å². The molecule has 2 nitrogen and oxygen atoms in total. The van der Waals surface area contributed by atoms with E-state index >= 15 is 0 Å². The predicted octanol–water partition coefficient (Wildman–Crippen LogP) is 2.07. The maximum atomic E-state index is 5.74. The molecular formula is C7H8BrClN2. The van der Waals surface area contributed by atoms with Crippen LogP contribution in [0.1, 0.15) is 5.56 Å². The lowest BCUT2D eigenvalue weighted by Crippen LogP contribution is -2.20. The van der Waals surface area contributed by atoms with Crippen LogP contribution in [0.2, 0.25) is 5.02 Å². The normalized spacial score (nSPS) is 10.1. The molecule has 0 amide bonds. The average molecular weight is 236 g/mol. The molecule has 1 aromatic carbocycles. The highest BCUT2D eigenvalue weighted by atomic mass is 79.9. The van der Waals surface area contributed by atoms with Gasteiger partial charge in [-0.1, -0.05) is 33.6 Å². The smallest absolute Gasteiger partial charge is 0.0417 e. The van der Waals surface area contributed by atoms with E-state index in [9.17, 15) is 0 Å². The van der Waals surface area contributed by atoms with E-state index in [1.165, 1.54) is 0 Å². The molecule has 0 aliphatic heterocycles. The summed E-state index contributed by atoms with van der Waals surface area (Å²) in [5.41, 5.74) is 3.67. The number of halogens is 2. The maximum Gasteiger partial charge on any atom is 0.0417 e. The summed E-state index contributed by atoms with van der Waals surface area (Å²) in [6.07, 6.45) is 0. The molecule has 0 radical (unpaired) electrons. The van der Waals surface area contributed by atoms with Gasteiger partial charge in [0.05, 0.1) is 0 Å². The van der Waals surface area contributed by atoms with Crippen LogP contribution in [0.4, 0.5) is 0 Å². The van der Waals surface area contributed by atoms with Crippen molar-refractivity contribution in [2.45, 2.75) is 6.54 Å². The van der Waals surface area contributed by atoms with Crippen molar-refractivity contribution in [2.75, 3.05) is 0 Å². The molecule has 0 unspecified atom stereocenters. The van der Waals surface area contributed by atoms with Gasteiger partial charge in [-0.25, -0.2) is 0 Å². The van der Waals surface area contributed by atoms with Gasteiger partial charge in [0.1, 0.15) is 0 Å². The highest BCUT2D eigenvalue weighted by molar-refractivity contribution is 9.10. The first kappa shape index (κ1) is 9.00. The van der Waals surface area contributed by atoms with E-state index in [-0.39, 0.29) is 0 Å². The fourth-order valence-electron chi connectivity index (χ4n) is 0.775. The largest absolute Gasteiger partial charge is 0.271 e. The Morgan fingerprint density at radius 1 is 1.55 bits per heavy atom. The lowest BCUT2D eigenvalue weighted by atomic mass is 10.2. The van der Waals surface area contributed by atoms with Gasteiger partial charge < -0.3 is 0 Å². The molecule has 3 N–H and O–H groups in total. The summed E-state index contributed by atoms with van der Waals surface area (Å²) in [7, 11) is 0. The zero-order valence-corrected chi connectivity index (χ0v) is 8.11. The van der Waals surface area contributed by atoms with E-state index < -0.39 is 0 Å². The maximum absolute atomic E-state index is 5.74. The summed E-state index contributed by atoms with van der Waals surface area (Å²) >= 11 is 9.10. The van der Waals surface area contributed by atoms with Crippen molar-refractivity contribution in [1.29, 1.82) is 0 Å². The van der Waals surface area contributed by atoms with Gasteiger partial charge in [0.2, 0.25) is 0 Å². The van der Waals surface area contributed by atoms with Crippen LogP contribution in [-0.2, 0) is 6.54 Å². The Bertz CT molecular complexity index is 252. The Morgan fingerprint density at radius 3 is 2.82 bits per heavy atom. The Kier molecular flexibility index (Phi) is 3.33. The number of hydrogen-bond donors (Lipinski definition) is 2. The van der Waals surface area contributed by atoms with Gasteiger partial charge in [0, 0.05) is 16.0 Å². The Morgan fingerprint density at radius 2 is 2.27 bits per heavy atom. The Balaban J connectivity index is 2.90. The van der Waals surface area contributed by atoms with E-state index in [0.717, 1.165) is 15.1 Å². The van der Waals surface area contributed by atoms with Crippen molar-refractivity contribution in [2.24, 2.45) is 5.84 Å². The highest BCUT2D eigenvalue weighted by Gasteiger charge is 1.98. The van der Waals surface area contributed by atoms with E-state index in [1.807, 2.05) is 18.2 Å². The molecule has 0 spiro atoms. The van der Waals surface area contributed by atoms with Gasteiger partial charge in [-0.15, -0.1) is 0 Å². The average Bonchev–Trinajstić information content (AvgIpc) is 1.95. The molecular weight excluding hydrogens is 227 g/mol. The minimum Gasteiger partial charge on any atom is -0.271 e. The molecule has 0 aliphatic rings. The molecule has 0 heterocycles. The number of nitrogens with one attached hydrogen (secondary N) is 1. The van der Waals surface area contributed by atoms with Gasteiger partial charge in [-0.3, -0.25) is 11.3 Å². The first-order valence-electron chi connectivity index (χ1n) is 3.11. The zero-order chi connectivity index (χ0) is 8.27. The van der Waals surface area contributed by atoms with Crippen LogP contribution in [-0.4, -0.2) is 0 Å². The van der Waals surface area contributed by atoms with E-state index in [0.29, 0.717) is 6.54 Å². The van der Waals surface area contributed by atoms with Crippen LogP contribution < -0.4 is 11.3 Å². The van der Waals surface area contributed by atoms with Crippen LogP contribution in [0.25, 0.3) is 0 Å². The number of nitrogens with two attached hydrogens (primary N) is 1. The molecule has 0 fully saturated rings. The third-order valence-corrected chi connectivity index (χ3v) is 2.28. The topological polar surface area (TPSA) is 38.0 Å². The van der Waals surface area contributed by atoms with Crippen LogP contribution in [0.3, 0.4) is 0 Å². The molecule has 4 heteroatoms. The summed E-state index contributed by atoms with van der Waals surface area (Å²) in [6.45, 7) is 0.637. The lowest BCUT2D eigenvalue weighted by molar-refractivity contribution is 0.739. The first-order chi connectivity index (χ1) is 5.24. The van der Waals surface area contributed by atoms with E-state index in [1.54, 1.807) is 0 Å². The van der Waals surface area contributed by atoms with Crippen LogP contribution in [0.15, 0.2) is 22.7 Å². The van der Waals surface area contributed by atoms with Gasteiger partial charge in [-0.2, -0.15) is 0 Å². The molecule has 11 heavy (non-hydrogen) atoms. The second-order valence-corrected chi connectivity index (χ2v) is 3.41. The third kappa shape index (κ3) is 2.45.